The Morgan fingerprint density at radius 3 is 1.98 bits per heavy atom. The van der Waals surface area contributed by atoms with E-state index in [1.165, 1.54) is 58.1 Å². The van der Waals surface area contributed by atoms with Crippen LogP contribution in [0.3, 0.4) is 0 Å². The maximum atomic E-state index is 12.0. The number of nitrogens with zero attached hydrogens (tertiary/aromatic N) is 1. The fourth-order valence-corrected chi connectivity index (χ4v) is 14.7. The maximum absolute atomic E-state index is 12.0. The first kappa shape index (κ1) is 44.3. The zero-order valence-electron chi connectivity index (χ0n) is 36.2. The molecule has 0 bridgehead atoms. The second kappa shape index (κ2) is 16.5. The molecule has 9 aliphatic rings. The van der Waals surface area contributed by atoms with Crippen molar-refractivity contribution in [2.24, 2.45) is 46.3 Å². The lowest BCUT2D eigenvalue weighted by atomic mass is 9.47. The third-order valence-corrected chi connectivity index (χ3v) is 18.0. The Kier molecular flexibility index (Phi) is 12.2. The monoisotopic (exact) mass is 852 g/mol. The number of fused-ring (bicyclic) bond motifs is 9. The molecule has 0 aromatic carbocycles. The van der Waals surface area contributed by atoms with Crippen LogP contribution in [-0.4, -0.2) is 169 Å². The third-order valence-electron chi connectivity index (χ3n) is 18.0. The van der Waals surface area contributed by atoms with E-state index >= 15 is 0 Å². The SMILES string of the molecule is C[C@H]1CC[C@@H]2[C@@H](C)[C@H]3[C@H](C[C@H]4[C@@H]5CC=C6C[C@@H](O[C@@H]7O[C@H](CO)[C@@H](O[C@H]8O[C@@H](C)[C@H](O)[C@@H](O)[C@H]8O)[C@H](O)[C@H]7O[C@H]7O[C@@H](C)[C@H](O)[C@@H](O)[C@H]7O)CC[C@]6(C)[C@H]5CC[C@]34C)N2C1. The topological polar surface area (TPSA) is 220 Å². The Balaban J connectivity index is 0.927. The molecule has 0 unspecified atom stereocenters. The van der Waals surface area contributed by atoms with Gasteiger partial charge in [0.2, 0.25) is 0 Å². The van der Waals surface area contributed by atoms with Gasteiger partial charge in [0.25, 0.3) is 0 Å². The number of ether oxygens (including phenoxy) is 6. The Hall–Kier alpha value is -0.860. The molecule has 8 N–H and O–H groups in total. The van der Waals surface area contributed by atoms with Crippen LogP contribution in [0.2, 0.25) is 0 Å². The fourth-order valence-electron chi connectivity index (χ4n) is 14.7. The van der Waals surface area contributed by atoms with Gasteiger partial charge in [0, 0.05) is 18.6 Å². The van der Waals surface area contributed by atoms with Crippen LogP contribution >= 0.6 is 0 Å². The van der Waals surface area contributed by atoms with Crippen molar-refractivity contribution in [3.63, 3.8) is 0 Å². The van der Waals surface area contributed by atoms with Crippen LogP contribution < -0.4 is 0 Å². The summed E-state index contributed by atoms with van der Waals surface area (Å²) in [5.74, 6) is 4.26. The van der Waals surface area contributed by atoms with Crippen molar-refractivity contribution in [3.8, 4) is 0 Å². The van der Waals surface area contributed by atoms with Crippen molar-refractivity contribution in [1.82, 2.24) is 4.90 Å². The highest BCUT2D eigenvalue weighted by atomic mass is 16.8. The first-order valence-corrected chi connectivity index (χ1v) is 23.2. The summed E-state index contributed by atoms with van der Waals surface area (Å²) in [6.45, 7) is 13.7. The van der Waals surface area contributed by atoms with E-state index in [4.69, 9.17) is 28.4 Å². The summed E-state index contributed by atoms with van der Waals surface area (Å²) in [5.41, 5.74) is 1.80. The first-order valence-electron chi connectivity index (χ1n) is 23.2. The average molecular weight is 852 g/mol. The quantitative estimate of drug-likeness (QED) is 0.169. The Labute approximate surface area is 354 Å². The predicted octanol–water partition coefficient (Wildman–Crippen LogP) is 1.18. The van der Waals surface area contributed by atoms with E-state index < -0.39 is 98.7 Å². The largest absolute Gasteiger partial charge is 0.394 e. The van der Waals surface area contributed by atoms with Crippen molar-refractivity contribution < 1.29 is 69.3 Å². The van der Waals surface area contributed by atoms with E-state index in [0.717, 1.165) is 43.1 Å². The Morgan fingerprint density at radius 2 is 1.33 bits per heavy atom. The van der Waals surface area contributed by atoms with Crippen molar-refractivity contribution >= 4 is 0 Å². The van der Waals surface area contributed by atoms with Crippen molar-refractivity contribution in [2.45, 2.75) is 210 Å². The van der Waals surface area contributed by atoms with Gasteiger partial charge in [-0.3, -0.25) is 4.90 Å². The highest BCUT2D eigenvalue weighted by molar-refractivity contribution is 5.27. The van der Waals surface area contributed by atoms with E-state index in [0.29, 0.717) is 35.6 Å². The number of aliphatic hydroxyl groups is 8. The average Bonchev–Trinajstić information content (AvgIpc) is 3.69. The highest BCUT2D eigenvalue weighted by Crippen LogP contribution is 2.70. The van der Waals surface area contributed by atoms with Gasteiger partial charge >= 0.3 is 0 Å². The van der Waals surface area contributed by atoms with E-state index in [9.17, 15) is 40.9 Å². The summed E-state index contributed by atoms with van der Waals surface area (Å²) in [4.78, 5) is 2.95. The molecule has 9 rings (SSSR count). The van der Waals surface area contributed by atoms with E-state index in [-0.39, 0.29) is 11.5 Å². The van der Waals surface area contributed by atoms with Gasteiger partial charge in [0.1, 0.15) is 61.0 Å². The lowest BCUT2D eigenvalue weighted by Gasteiger charge is -2.58. The van der Waals surface area contributed by atoms with Crippen molar-refractivity contribution in [1.29, 1.82) is 0 Å². The van der Waals surface area contributed by atoms with E-state index in [2.05, 4.69) is 38.7 Å². The van der Waals surface area contributed by atoms with E-state index in [1.54, 1.807) is 0 Å². The number of piperidine rings is 1. The molecule has 0 amide bonds. The summed E-state index contributed by atoms with van der Waals surface area (Å²) in [7, 11) is 0. The number of hydrogen-bond donors (Lipinski definition) is 8. The number of aliphatic hydroxyl groups excluding tert-OH is 8. The molecule has 5 saturated heterocycles. The zero-order valence-corrected chi connectivity index (χ0v) is 36.2. The summed E-state index contributed by atoms with van der Waals surface area (Å²) >= 11 is 0. The lowest BCUT2D eigenvalue weighted by Crippen LogP contribution is -2.66. The molecule has 60 heavy (non-hydrogen) atoms. The molecule has 0 radical (unpaired) electrons. The third kappa shape index (κ3) is 7.11. The van der Waals surface area contributed by atoms with Gasteiger partial charge < -0.3 is 69.3 Å². The lowest BCUT2D eigenvalue weighted by molar-refractivity contribution is -0.388. The van der Waals surface area contributed by atoms with Crippen molar-refractivity contribution in [3.05, 3.63) is 11.6 Å². The molecule has 8 fully saturated rings. The second-order valence-corrected chi connectivity index (χ2v) is 21.2. The van der Waals surface area contributed by atoms with Crippen LogP contribution in [0.15, 0.2) is 11.6 Å². The van der Waals surface area contributed by atoms with Gasteiger partial charge in [-0.2, -0.15) is 0 Å². The first-order chi connectivity index (χ1) is 28.5. The van der Waals surface area contributed by atoms with Crippen LogP contribution in [0, 0.1) is 46.3 Å². The molecule has 15 heteroatoms. The minimum Gasteiger partial charge on any atom is -0.394 e. The molecule has 15 nitrogen and oxygen atoms in total. The molecule has 0 spiro atoms. The zero-order chi connectivity index (χ0) is 42.7. The summed E-state index contributed by atoms with van der Waals surface area (Å²) in [6.07, 6.45) is -9.14. The minimum absolute atomic E-state index is 0.0360. The van der Waals surface area contributed by atoms with Crippen LogP contribution in [-0.2, 0) is 28.4 Å². The predicted molar refractivity (Wildman–Crippen MR) is 214 cm³/mol. The van der Waals surface area contributed by atoms with E-state index in [1.807, 2.05) is 0 Å². The second-order valence-electron chi connectivity index (χ2n) is 21.2. The highest BCUT2D eigenvalue weighted by Gasteiger charge is 2.66. The molecule has 5 aliphatic heterocycles. The molecule has 26 atom stereocenters. The van der Waals surface area contributed by atoms with Gasteiger partial charge in [0.05, 0.1) is 24.9 Å². The van der Waals surface area contributed by atoms with Crippen LogP contribution in [0.1, 0.15) is 99.3 Å². The van der Waals surface area contributed by atoms with Gasteiger partial charge in [-0.15, -0.1) is 0 Å². The maximum Gasteiger partial charge on any atom is 0.187 e. The molecule has 342 valence electrons. The molecule has 3 saturated carbocycles. The van der Waals surface area contributed by atoms with Crippen LogP contribution in [0.25, 0.3) is 0 Å². The summed E-state index contributed by atoms with van der Waals surface area (Å²) < 4.78 is 36.7. The number of allylic oxidation sites excluding steroid dienone is 1. The smallest absolute Gasteiger partial charge is 0.187 e. The molecular weight excluding hydrogens is 778 g/mol. The van der Waals surface area contributed by atoms with Gasteiger partial charge in [0.15, 0.2) is 18.9 Å². The van der Waals surface area contributed by atoms with Gasteiger partial charge in [-0.05, 0) is 118 Å². The standard InChI is InChI=1S/C45H73NO14/c1-19-7-10-28-20(2)31-29(46(28)17-19)16-27-25-9-8-23-15-24(11-13-44(23,5)26(25)12-14-45(27,31)6)57-43-40(60-42-37(53)35(51)33(49)22(4)56-42)38(54)39(30(18-47)58-43)59-41-36(52)34(50)32(48)21(3)55-41/h8,19-22,24-43,47-54H,7,9-18H2,1-6H3/t19-,20+,21-,22-,24-,25+,26-,27-,28+,29-,30+,31-,32-,33-,34+,35+,36+,37+,38-,39+,40+,41+,42+,43+,44-,45-/m0/s1. The van der Waals surface area contributed by atoms with Crippen LogP contribution in [0.4, 0.5) is 0 Å². The molecule has 0 aromatic heterocycles. The molecular formula is C45H73NO14. The Bertz CT molecular complexity index is 1570. The number of hydrogen-bond acceptors (Lipinski definition) is 15. The minimum atomic E-state index is -1.70. The van der Waals surface area contributed by atoms with Gasteiger partial charge in [-0.25, -0.2) is 0 Å². The van der Waals surface area contributed by atoms with Crippen LogP contribution in [0.5, 0.6) is 0 Å². The fraction of sp³-hybridized carbons (Fsp3) is 0.956. The normalized spacial score (nSPS) is 58.1. The van der Waals surface area contributed by atoms with Crippen molar-refractivity contribution in [2.75, 3.05) is 13.2 Å². The molecule has 5 heterocycles. The molecule has 4 aliphatic carbocycles. The summed E-state index contributed by atoms with van der Waals surface area (Å²) in [6, 6.07) is 1.45. The van der Waals surface area contributed by atoms with Gasteiger partial charge in [-0.1, -0.05) is 39.3 Å². The molecule has 0 aromatic rings. The Morgan fingerprint density at radius 1 is 0.683 bits per heavy atom. The summed E-state index contributed by atoms with van der Waals surface area (Å²) in [5, 5.41) is 85.9. The number of rotatable bonds is 7.